The van der Waals surface area contributed by atoms with E-state index in [0.717, 1.165) is 11.8 Å². The van der Waals surface area contributed by atoms with Gasteiger partial charge in [0.1, 0.15) is 0 Å². The van der Waals surface area contributed by atoms with Crippen molar-refractivity contribution in [1.82, 2.24) is 5.32 Å². The largest absolute Gasteiger partial charge is 0.385 e. The van der Waals surface area contributed by atoms with Gasteiger partial charge in [-0.1, -0.05) is 11.6 Å². The van der Waals surface area contributed by atoms with Crippen LogP contribution in [0.25, 0.3) is 0 Å². The molecule has 130 valence electrons. The van der Waals surface area contributed by atoms with Crippen LogP contribution in [0.2, 0.25) is 5.02 Å². The van der Waals surface area contributed by atoms with Gasteiger partial charge in [-0.05, 0) is 37.1 Å². The van der Waals surface area contributed by atoms with E-state index in [2.05, 4.69) is 5.32 Å². The molecule has 1 amide bonds. The van der Waals surface area contributed by atoms with Crippen molar-refractivity contribution in [3.8, 4) is 0 Å². The van der Waals surface area contributed by atoms with E-state index in [1.807, 2.05) is 0 Å². The molecular formula is C15H23ClN2O4S. The smallest absolute Gasteiger partial charge is 0.232 e. The molecule has 23 heavy (non-hydrogen) atoms. The molecule has 0 heterocycles. The number of rotatable bonds is 9. The van der Waals surface area contributed by atoms with Crippen LogP contribution < -0.4 is 9.62 Å². The van der Waals surface area contributed by atoms with Crippen LogP contribution >= 0.6 is 11.6 Å². The zero-order valence-electron chi connectivity index (χ0n) is 13.6. The molecule has 0 aliphatic carbocycles. The Bertz CT molecular complexity index is 634. The zero-order valence-corrected chi connectivity index (χ0v) is 15.2. The highest BCUT2D eigenvalue weighted by molar-refractivity contribution is 7.92. The number of methoxy groups -OCH3 is 1. The quantitative estimate of drug-likeness (QED) is 0.681. The second-order valence-electron chi connectivity index (χ2n) is 5.21. The number of hydrogen-bond donors (Lipinski definition) is 1. The minimum atomic E-state index is -3.49. The summed E-state index contributed by atoms with van der Waals surface area (Å²) in [5.41, 5.74) is 1.27. The van der Waals surface area contributed by atoms with E-state index in [4.69, 9.17) is 16.3 Å². The summed E-state index contributed by atoms with van der Waals surface area (Å²) in [7, 11) is -1.89. The highest BCUT2D eigenvalue weighted by atomic mass is 35.5. The molecule has 6 nitrogen and oxygen atoms in total. The number of carbonyl (C=O) groups is 1. The normalized spacial score (nSPS) is 11.3. The lowest BCUT2D eigenvalue weighted by Gasteiger charge is -2.24. The van der Waals surface area contributed by atoms with Gasteiger partial charge in [0.2, 0.25) is 15.9 Å². The Morgan fingerprint density at radius 3 is 2.65 bits per heavy atom. The number of carbonyl (C=O) groups excluding carboxylic acids is 1. The van der Waals surface area contributed by atoms with E-state index >= 15 is 0 Å². The number of nitrogens with one attached hydrogen (secondary N) is 1. The first kappa shape index (κ1) is 19.7. The molecule has 0 saturated carbocycles. The van der Waals surface area contributed by atoms with E-state index < -0.39 is 10.0 Å². The first-order valence-electron chi connectivity index (χ1n) is 7.25. The molecule has 0 bridgehead atoms. The van der Waals surface area contributed by atoms with Crippen molar-refractivity contribution < 1.29 is 17.9 Å². The Labute approximate surface area is 142 Å². The van der Waals surface area contributed by atoms with Gasteiger partial charge in [0.25, 0.3) is 0 Å². The fourth-order valence-electron chi connectivity index (χ4n) is 2.10. The van der Waals surface area contributed by atoms with Gasteiger partial charge in [-0.2, -0.15) is 0 Å². The third-order valence-corrected chi connectivity index (χ3v) is 4.63. The summed E-state index contributed by atoms with van der Waals surface area (Å²) in [5.74, 6) is -0.193. The summed E-state index contributed by atoms with van der Waals surface area (Å²) in [6, 6.07) is 4.97. The van der Waals surface area contributed by atoms with Gasteiger partial charge in [-0.15, -0.1) is 0 Å². The van der Waals surface area contributed by atoms with Crippen molar-refractivity contribution >= 4 is 33.2 Å². The molecule has 0 aliphatic rings. The van der Waals surface area contributed by atoms with Gasteiger partial charge in [-0.25, -0.2) is 8.42 Å². The average molecular weight is 363 g/mol. The fourth-order valence-corrected chi connectivity index (χ4v) is 3.31. The molecule has 1 aromatic rings. The van der Waals surface area contributed by atoms with E-state index in [0.29, 0.717) is 30.3 Å². The van der Waals surface area contributed by atoms with Crippen molar-refractivity contribution in [2.75, 3.05) is 37.4 Å². The number of nitrogens with zero attached hydrogens (tertiary/aromatic N) is 1. The Hall–Kier alpha value is -1.31. The van der Waals surface area contributed by atoms with Crippen LogP contribution in [0.5, 0.6) is 0 Å². The van der Waals surface area contributed by atoms with Gasteiger partial charge in [0.15, 0.2) is 0 Å². The fraction of sp³-hybridized carbons (Fsp3) is 0.533. The predicted octanol–water partition coefficient (Wildman–Crippen LogP) is 1.96. The molecule has 0 aromatic heterocycles. The van der Waals surface area contributed by atoms with E-state index in [1.165, 1.54) is 4.31 Å². The summed E-state index contributed by atoms with van der Waals surface area (Å²) in [6.45, 7) is 2.94. The molecule has 0 unspecified atom stereocenters. The maximum atomic E-state index is 12.0. The lowest BCUT2D eigenvalue weighted by Crippen LogP contribution is -2.35. The van der Waals surface area contributed by atoms with Crippen molar-refractivity contribution in [3.63, 3.8) is 0 Å². The molecule has 1 N–H and O–H groups in total. The minimum Gasteiger partial charge on any atom is -0.385 e. The number of halogens is 1. The average Bonchev–Trinajstić information content (AvgIpc) is 2.44. The maximum absolute atomic E-state index is 12.0. The van der Waals surface area contributed by atoms with Crippen LogP contribution in [0.3, 0.4) is 0 Å². The molecule has 1 aromatic carbocycles. The lowest BCUT2D eigenvalue weighted by atomic mass is 10.2. The molecule has 0 fully saturated rings. The molecule has 0 atom stereocenters. The van der Waals surface area contributed by atoms with Crippen molar-refractivity contribution in [1.29, 1.82) is 0 Å². The Morgan fingerprint density at radius 1 is 1.39 bits per heavy atom. The van der Waals surface area contributed by atoms with Crippen LogP contribution in [0.4, 0.5) is 5.69 Å². The molecule has 0 saturated heterocycles. The monoisotopic (exact) mass is 362 g/mol. The van der Waals surface area contributed by atoms with Gasteiger partial charge >= 0.3 is 0 Å². The number of hydrogen-bond acceptors (Lipinski definition) is 4. The van der Waals surface area contributed by atoms with Crippen molar-refractivity contribution in [3.05, 3.63) is 28.8 Å². The number of amides is 1. The summed E-state index contributed by atoms with van der Waals surface area (Å²) in [5, 5.41) is 3.28. The summed E-state index contributed by atoms with van der Waals surface area (Å²) in [6.07, 6.45) is 1.92. The number of benzene rings is 1. The molecular weight excluding hydrogens is 340 g/mol. The van der Waals surface area contributed by atoms with Crippen LogP contribution in [0.15, 0.2) is 18.2 Å². The Kier molecular flexibility index (Phi) is 7.81. The topological polar surface area (TPSA) is 75.7 Å². The summed E-state index contributed by atoms with van der Waals surface area (Å²) < 4.78 is 30.2. The van der Waals surface area contributed by atoms with E-state index in [-0.39, 0.29) is 18.9 Å². The standard InChI is InChI=1S/C15H23ClN2O4S/c1-12-11-13(16)5-6-14(12)18(23(3,20)21)9-7-15(19)17-8-4-10-22-2/h5-6,11H,4,7-10H2,1-3H3,(H,17,19). The Balaban J connectivity index is 2.72. The molecule has 0 radical (unpaired) electrons. The van der Waals surface area contributed by atoms with Crippen LogP contribution in [0, 0.1) is 6.92 Å². The number of sulfonamides is 1. The van der Waals surface area contributed by atoms with Gasteiger partial charge in [0, 0.05) is 38.2 Å². The number of aryl methyl sites for hydroxylation is 1. The van der Waals surface area contributed by atoms with Crippen LogP contribution in [-0.2, 0) is 19.6 Å². The first-order chi connectivity index (χ1) is 10.8. The van der Waals surface area contributed by atoms with Gasteiger partial charge in [0.05, 0.1) is 11.9 Å². The highest BCUT2D eigenvalue weighted by Gasteiger charge is 2.20. The maximum Gasteiger partial charge on any atom is 0.232 e. The predicted molar refractivity (Wildman–Crippen MR) is 92.5 cm³/mol. The van der Waals surface area contributed by atoms with E-state index in [1.54, 1.807) is 32.2 Å². The third-order valence-electron chi connectivity index (χ3n) is 3.22. The van der Waals surface area contributed by atoms with E-state index in [9.17, 15) is 13.2 Å². The number of ether oxygens (including phenoxy) is 1. The van der Waals surface area contributed by atoms with Gasteiger partial charge < -0.3 is 10.1 Å². The molecule has 1 rings (SSSR count). The summed E-state index contributed by atoms with van der Waals surface area (Å²) in [4.78, 5) is 11.8. The number of anilines is 1. The second-order valence-corrected chi connectivity index (χ2v) is 7.56. The first-order valence-corrected chi connectivity index (χ1v) is 9.48. The third kappa shape index (κ3) is 6.76. The van der Waals surface area contributed by atoms with Crippen LogP contribution in [-0.4, -0.2) is 47.4 Å². The minimum absolute atomic E-state index is 0.0808. The zero-order chi connectivity index (χ0) is 17.5. The van der Waals surface area contributed by atoms with Crippen molar-refractivity contribution in [2.24, 2.45) is 0 Å². The Morgan fingerprint density at radius 2 is 2.09 bits per heavy atom. The highest BCUT2D eigenvalue weighted by Crippen LogP contribution is 2.25. The SMILES string of the molecule is COCCCNC(=O)CCN(c1ccc(Cl)cc1C)S(C)(=O)=O. The lowest BCUT2D eigenvalue weighted by molar-refractivity contribution is -0.120. The molecule has 8 heteroatoms. The molecule has 0 spiro atoms. The second kappa shape index (κ2) is 9.10. The molecule has 0 aliphatic heterocycles. The van der Waals surface area contributed by atoms with Crippen LogP contribution in [0.1, 0.15) is 18.4 Å². The van der Waals surface area contributed by atoms with Crippen molar-refractivity contribution in [2.45, 2.75) is 19.8 Å². The summed E-state index contributed by atoms with van der Waals surface area (Å²) >= 11 is 5.90. The van der Waals surface area contributed by atoms with Gasteiger partial charge in [-0.3, -0.25) is 9.10 Å².